The lowest BCUT2D eigenvalue weighted by molar-refractivity contribution is 0.463. The van der Waals surface area contributed by atoms with Gasteiger partial charge >= 0.3 is 0 Å². The van der Waals surface area contributed by atoms with Crippen LogP contribution in [0.5, 0.6) is 11.6 Å². The number of allylic oxidation sites excluding steroid dienone is 1. The maximum absolute atomic E-state index is 6.12. The van der Waals surface area contributed by atoms with Crippen LogP contribution in [0.1, 0.15) is 12.5 Å². The molecule has 1 N–H and O–H groups in total. The summed E-state index contributed by atoms with van der Waals surface area (Å²) in [5, 5.41) is 3.71. The fourth-order valence-corrected chi connectivity index (χ4v) is 2.18. The number of nitrogens with zero attached hydrogens (tertiary/aromatic N) is 1. The van der Waals surface area contributed by atoms with E-state index in [9.17, 15) is 0 Å². The van der Waals surface area contributed by atoms with Gasteiger partial charge in [0.15, 0.2) is 0 Å². The molecule has 2 rings (SSSR count). The summed E-state index contributed by atoms with van der Waals surface area (Å²) in [6, 6.07) is 9.26. The third-order valence-corrected chi connectivity index (χ3v) is 3.16. The van der Waals surface area contributed by atoms with E-state index in [1.807, 2.05) is 43.3 Å². The van der Waals surface area contributed by atoms with E-state index in [0.717, 1.165) is 5.56 Å². The first-order chi connectivity index (χ1) is 9.65. The van der Waals surface area contributed by atoms with Crippen LogP contribution in [0.3, 0.4) is 0 Å². The van der Waals surface area contributed by atoms with Gasteiger partial charge in [0.2, 0.25) is 5.88 Å². The Hall–Kier alpha value is -1.71. The molecule has 0 spiro atoms. The topological polar surface area (TPSA) is 34.1 Å². The first-order valence-electron chi connectivity index (χ1n) is 6.09. The van der Waals surface area contributed by atoms with Gasteiger partial charge in [0.05, 0.1) is 5.02 Å². The van der Waals surface area contributed by atoms with E-state index < -0.39 is 0 Å². The lowest BCUT2D eigenvalue weighted by Crippen LogP contribution is -1.97. The van der Waals surface area contributed by atoms with E-state index in [2.05, 4.69) is 10.3 Å². The lowest BCUT2D eigenvalue weighted by atomic mass is 10.2. The maximum Gasteiger partial charge on any atom is 0.240 e. The first kappa shape index (κ1) is 14.7. The molecule has 0 amide bonds. The van der Waals surface area contributed by atoms with Gasteiger partial charge in [-0.15, -0.1) is 0 Å². The van der Waals surface area contributed by atoms with Crippen LogP contribution in [-0.2, 0) is 0 Å². The largest absolute Gasteiger partial charge is 0.437 e. The Kier molecular flexibility index (Phi) is 4.88. The number of ether oxygens (including phenoxy) is 1. The number of hydrogen-bond acceptors (Lipinski definition) is 3. The fraction of sp³-hybridized carbons (Fsp3) is 0.133. The molecule has 0 aliphatic rings. The van der Waals surface area contributed by atoms with Crippen molar-refractivity contribution >= 4 is 35.1 Å². The molecule has 2 aromatic rings. The van der Waals surface area contributed by atoms with Gasteiger partial charge in [-0.3, -0.25) is 0 Å². The van der Waals surface area contributed by atoms with E-state index in [1.54, 1.807) is 13.1 Å². The highest BCUT2D eigenvalue weighted by atomic mass is 35.5. The van der Waals surface area contributed by atoms with Crippen LogP contribution in [-0.4, -0.2) is 12.0 Å². The van der Waals surface area contributed by atoms with Gasteiger partial charge in [-0.05, 0) is 19.1 Å². The second kappa shape index (κ2) is 6.64. The van der Waals surface area contributed by atoms with Crippen LogP contribution in [0.4, 0.5) is 5.82 Å². The predicted molar refractivity (Wildman–Crippen MR) is 85.0 cm³/mol. The maximum atomic E-state index is 6.12. The van der Waals surface area contributed by atoms with Crippen molar-refractivity contribution in [3.05, 3.63) is 52.0 Å². The number of rotatable bonds is 4. The van der Waals surface area contributed by atoms with Gasteiger partial charge < -0.3 is 10.1 Å². The van der Waals surface area contributed by atoms with Gasteiger partial charge in [-0.2, -0.15) is 4.98 Å². The Labute approximate surface area is 128 Å². The number of hydrogen-bond donors (Lipinski definition) is 1. The molecule has 0 aliphatic carbocycles. The Bertz CT molecular complexity index is 642. The third kappa shape index (κ3) is 3.24. The van der Waals surface area contributed by atoms with E-state index in [1.165, 1.54) is 0 Å². The Morgan fingerprint density at radius 2 is 1.95 bits per heavy atom. The Morgan fingerprint density at radius 1 is 1.20 bits per heavy atom. The van der Waals surface area contributed by atoms with Crippen molar-refractivity contribution in [3.8, 4) is 11.6 Å². The smallest absolute Gasteiger partial charge is 0.240 e. The molecule has 0 radical (unpaired) electrons. The summed E-state index contributed by atoms with van der Waals surface area (Å²) in [7, 11) is 1.74. The number of para-hydroxylation sites is 1. The van der Waals surface area contributed by atoms with Crippen LogP contribution in [0.25, 0.3) is 6.08 Å². The summed E-state index contributed by atoms with van der Waals surface area (Å²) in [4.78, 5) is 4.27. The molecule has 0 unspecified atom stereocenters. The summed E-state index contributed by atoms with van der Waals surface area (Å²) in [5.41, 5.74) is 0.953. The lowest BCUT2D eigenvalue weighted by Gasteiger charge is -2.11. The van der Waals surface area contributed by atoms with Crippen LogP contribution in [0, 0.1) is 0 Å². The summed E-state index contributed by atoms with van der Waals surface area (Å²) in [6.07, 6.45) is 3.90. The van der Waals surface area contributed by atoms with Crippen LogP contribution < -0.4 is 10.1 Å². The molecule has 3 nitrogen and oxygen atoms in total. The van der Waals surface area contributed by atoms with Crippen molar-refractivity contribution < 1.29 is 4.74 Å². The molecule has 0 atom stereocenters. The second-order valence-electron chi connectivity index (χ2n) is 4.00. The van der Waals surface area contributed by atoms with Gasteiger partial charge in [0, 0.05) is 12.6 Å². The minimum absolute atomic E-state index is 0.317. The van der Waals surface area contributed by atoms with Crippen molar-refractivity contribution in [3.63, 3.8) is 0 Å². The zero-order chi connectivity index (χ0) is 14.5. The van der Waals surface area contributed by atoms with Crippen LogP contribution in [0.15, 0.2) is 36.4 Å². The molecule has 0 fully saturated rings. The van der Waals surface area contributed by atoms with Crippen molar-refractivity contribution in [2.45, 2.75) is 6.92 Å². The number of pyridine rings is 1. The van der Waals surface area contributed by atoms with E-state index in [0.29, 0.717) is 27.5 Å². The monoisotopic (exact) mass is 308 g/mol. The zero-order valence-corrected chi connectivity index (χ0v) is 12.7. The van der Waals surface area contributed by atoms with Crippen molar-refractivity contribution in [1.82, 2.24) is 4.98 Å². The molecule has 0 saturated carbocycles. The van der Waals surface area contributed by atoms with Crippen molar-refractivity contribution in [1.29, 1.82) is 0 Å². The molecule has 20 heavy (non-hydrogen) atoms. The zero-order valence-electron chi connectivity index (χ0n) is 11.2. The van der Waals surface area contributed by atoms with Gasteiger partial charge in [0.25, 0.3) is 0 Å². The normalized spacial score (nSPS) is 10.8. The highest BCUT2D eigenvalue weighted by molar-refractivity contribution is 6.36. The molecule has 0 bridgehead atoms. The summed E-state index contributed by atoms with van der Waals surface area (Å²) < 4.78 is 5.80. The summed E-state index contributed by atoms with van der Waals surface area (Å²) in [5.74, 6) is 1.52. The van der Waals surface area contributed by atoms with Crippen LogP contribution in [0.2, 0.25) is 10.0 Å². The molecule has 1 heterocycles. The Morgan fingerprint density at radius 3 is 2.65 bits per heavy atom. The van der Waals surface area contributed by atoms with Crippen molar-refractivity contribution in [2.75, 3.05) is 12.4 Å². The number of benzene rings is 1. The van der Waals surface area contributed by atoms with Gasteiger partial charge in [-0.25, -0.2) is 0 Å². The fourth-order valence-electron chi connectivity index (χ4n) is 1.69. The molecular formula is C15H14Cl2N2O. The summed E-state index contributed by atoms with van der Waals surface area (Å²) >= 11 is 12.1. The molecule has 0 aliphatic heterocycles. The van der Waals surface area contributed by atoms with E-state index in [4.69, 9.17) is 27.9 Å². The van der Waals surface area contributed by atoms with Gasteiger partial charge in [0.1, 0.15) is 16.6 Å². The minimum atomic E-state index is 0.317. The number of nitrogens with one attached hydrogen (secondary N) is 1. The summed E-state index contributed by atoms with van der Waals surface area (Å²) in [6.45, 7) is 1.95. The third-order valence-electron chi connectivity index (χ3n) is 2.61. The minimum Gasteiger partial charge on any atom is -0.437 e. The highest BCUT2D eigenvalue weighted by Gasteiger charge is 2.11. The van der Waals surface area contributed by atoms with E-state index >= 15 is 0 Å². The van der Waals surface area contributed by atoms with Crippen LogP contribution >= 0.6 is 23.2 Å². The van der Waals surface area contributed by atoms with E-state index in [-0.39, 0.29) is 0 Å². The molecule has 1 aromatic heterocycles. The van der Waals surface area contributed by atoms with Crippen molar-refractivity contribution in [2.24, 2.45) is 0 Å². The number of aromatic nitrogens is 1. The predicted octanol–water partition coefficient (Wildman–Crippen LogP) is 5.26. The second-order valence-corrected chi connectivity index (χ2v) is 4.81. The molecule has 104 valence electrons. The standard InChI is InChI=1S/C15H14Cl2N2O/c1-3-6-10-7-4-5-8-13(10)20-15-12(17)9-11(16)14(18-2)19-15/h3-9H,1-2H3,(H,18,19)/b6-3+. The first-order valence-corrected chi connectivity index (χ1v) is 6.84. The molecule has 0 saturated heterocycles. The average Bonchev–Trinajstić information content (AvgIpc) is 2.44. The average molecular weight is 309 g/mol. The molecular weight excluding hydrogens is 295 g/mol. The number of anilines is 1. The highest BCUT2D eigenvalue weighted by Crippen LogP contribution is 2.34. The van der Waals surface area contributed by atoms with Gasteiger partial charge in [-0.1, -0.05) is 53.6 Å². The SMILES string of the molecule is C/C=C/c1ccccc1Oc1nc(NC)c(Cl)cc1Cl. The molecule has 1 aromatic carbocycles. The number of halogens is 2. The quantitative estimate of drug-likeness (QED) is 0.837. The molecule has 5 heteroatoms. The Balaban J connectivity index is 2.40.